The highest BCUT2D eigenvalue weighted by Gasteiger charge is 2.29. The fraction of sp³-hybridized carbons (Fsp3) is 0.333. The molecule has 0 radical (unpaired) electrons. The van der Waals surface area contributed by atoms with Gasteiger partial charge >= 0.3 is 0 Å². The molecule has 2 heterocycles. The van der Waals surface area contributed by atoms with Crippen LogP contribution in [0.15, 0.2) is 30.3 Å². The molecule has 1 fully saturated rings. The molecule has 1 aliphatic heterocycles. The highest BCUT2D eigenvalue weighted by molar-refractivity contribution is 7.12. The van der Waals surface area contributed by atoms with Crippen molar-refractivity contribution in [1.82, 2.24) is 0 Å². The average Bonchev–Trinajstić information content (AvgIpc) is 3.14. The summed E-state index contributed by atoms with van der Waals surface area (Å²) >= 11 is 1.82. The van der Waals surface area contributed by atoms with Crippen LogP contribution in [0.2, 0.25) is 0 Å². The van der Waals surface area contributed by atoms with Crippen molar-refractivity contribution in [3.8, 4) is 6.07 Å². The minimum atomic E-state index is 0.0486. The number of carbonyl (C=O) groups is 1. The minimum Gasteiger partial charge on any atom is -0.363 e. The Labute approximate surface area is 134 Å². The van der Waals surface area contributed by atoms with Gasteiger partial charge in [0.25, 0.3) is 0 Å². The topological polar surface area (TPSA) is 44.1 Å². The van der Waals surface area contributed by atoms with Crippen molar-refractivity contribution < 1.29 is 4.79 Å². The fourth-order valence-corrected chi connectivity index (χ4v) is 4.14. The zero-order chi connectivity index (χ0) is 15.7. The maximum atomic E-state index is 12.0. The number of benzene rings is 1. The third-order valence-corrected chi connectivity index (χ3v) is 5.26. The van der Waals surface area contributed by atoms with Crippen LogP contribution in [0.5, 0.6) is 0 Å². The van der Waals surface area contributed by atoms with Gasteiger partial charge in [-0.1, -0.05) is 0 Å². The Morgan fingerprint density at radius 2 is 2.18 bits per heavy atom. The summed E-state index contributed by atoms with van der Waals surface area (Å²) in [4.78, 5) is 16.9. The molecule has 1 saturated heterocycles. The smallest absolute Gasteiger partial charge is 0.161 e. The number of ketones is 1. The number of nitrogens with zero attached hydrogens (tertiary/aromatic N) is 2. The Morgan fingerprint density at radius 1 is 1.36 bits per heavy atom. The van der Waals surface area contributed by atoms with Gasteiger partial charge in [0.2, 0.25) is 0 Å². The summed E-state index contributed by atoms with van der Waals surface area (Å²) in [6.07, 6.45) is 2.20. The molecule has 1 aromatic heterocycles. The first-order valence-corrected chi connectivity index (χ1v) is 8.30. The van der Waals surface area contributed by atoms with Crippen LogP contribution in [0.3, 0.4) is 0 Å². The second kappa shape index (κ2) is 5.94. The predicted octanol–water partition coefficient (Wildman–Crippen LogP) is 4.47. The lowest BCUT2D eigenvalue weighted by Crippen LogP contribution is -2.24. The molecule has 0 N–H and O–H groups in total. The van der Waals surface area contributed by atoms with Crippen molar-refractivity contribution >= 4 is 22.8 Å². The maximum absolute atomic E-state index is 12.0. The van der Waals surface area contributed by atoms with Gasteiger partial charge in [-0.3, -0.25) is 4.79 Å². The molecule has 3 nitrogen and oxygen atoms in total. The molecule has 22 heavy (non-hydrogen) atoms. The van der Waals surface area contributed by atoms with Gasteiger partial charge in [0, 0.05) is 27.5 Å². The predicted molar refractivity (Wildman–Crippen MR) is 89.5 cm³/mol. The number of anilines is 1. The third kappa shape index (κ3) is 2.65. The zero-order valence-corrected chi connectivity index (χ0v) is 13.6. The second-order valence-corrected chi connectivity index (χ2v) is 7.02. The number of hydrogen-bond acceptors (Lipinski definition) is 4. The van der Waals surface area contributed by atoms with Gasteiger partial charge in [0.15, 0.2) is 5.78 Å². The van der Waals surface area contributed by atoms with Gasteiger partial charge in [-0.25, -0.2) is 0 Å². The van der Waals surface area contributed by atoms with Crippen molar-refractivity contribution in [2.45, 2.75) is 32.7 Å². The number of nitriles is 1. The highest BCUT2D eigenvalue weighted by Crippen LogP contribution is 2.40. The summed E-state index contributed by atoms with van der Waals surface area (Å²) in [5, 5.41) is 9.17. The molecule has 0 amide bonds. The number of thiophene rings is 1. The summed E-state index contributed by atoms with van der Waals surface area (Å²) in [7, 11) is 0. The lowest BCUT2D eigenvalue weighted by atomic mass is 10.0. The molecule has 3 rings (SSSR count). The van der Waals surface area contributed by atoms with Crippen LogP contribution in [-0.2, 0) is 0 Å². The molecule has 4 heteroatoms. The first-order chi connectivity index (χ1) is 10.6. The van der Waals surface area contributed by atoms with Crippen molar-refractivity contribution in [3.63, 3.8) is 0 Å². The monoisotopic (exact) mass is 310 g/mol. The van der Waals surface area contributed by atoms with Gasteiger partial charge < -0.3 is 4.90 Å². The summed E-state index contributed by atoms with van der Waals surface area (Å²) in [5.41, 5.74) is 2.22. The molecule has 0 bridgehead atoms. The molecule has 1 aliphatic rings. The van der Waals surface area contributed by atoms with Crippen LogP contribution in [0.1, 0.15) is 51.5 Å². The molecule has 1 unspecified atom stereocenters. The summed E-state index contributed by atoms with van der Waals surface area (Å²) < 4.78 is 0. The van der Waals surface area contributed by atoms with Gasteiger partial charge in [-0.15, -0.1) is 11.3 Å². The molecule has 1 aromatic carbocycles. The van der Waals surface area contributed by atoms with E-state index in [1.807, 2.05) is 17.4 Å². The van der Waals surface area contributed by atoms with E-state index in [9.17, 15) is 4.79 Å². The van der Waals surface area contributed by atoms with Crippen LogP contribution in [0, 0.1) is 18.3 Å². The minimum absolute atomic E-state index is 0.0486. The standard InChI is InChI=1S/C18H18N2OS/c1-12-5-8-18(22-12)16-4-3-9-20(16)17-10-14(11-19)6-7-15(17)13(2)21/h5-8,10,16H,3-4,9H2,1-2H3. The number of hydrogen-bond donors (Lipinski definition) is 0. The molecular formula is C18H18N2OS. The van der Waals surface area contributed by atoms with E-state index in [2.05, 4.69) is 30.0 Å². The van der Waals surface area contributed by atoms with Crippen molar-refractivity contribution in [2.24, 2.45) is 0 Å². The first-order valence-electron chi connectivity index (χ1n) is 7.48. The van der Waals surface area contributed by atoms with E-state index in [4.69, 9.17) is 5.26 Å². The Balaban J connectivity index is 2.05. The first kappa shape index (κ1) is 14.8. The molecule has 1 atom stereocenters. The third-order valence-electron chi connectivity index (χ3n) is 4.16. The molecule has 0 saturated carbocycles. The van der Waals surface area contributed by atoms with Crippen LogP contribution in [-0.4, -0.2) is 12.3 Å². The Kier molecular flexibility index (Phi) is 4.00. The van der Waals surface area contributed by atoms with Crippen LogP contribution in [0.25, 0.3) is 0 Å². The van der Waals surface area contributed by atoms with Gasteiger partial charge in [0.05, 0.1) is 17.7 Å². The molecular weight excluding hydrogens is 292 g/mol. The number of rotatable bonds is 3. The zero-order valence-electron chi connectivity index (χ0n) is 12.8. The summed E-state index contributed by atoms with van der Waals surface area (Å²) in [5.74, 6) is 0.0486. The average molecular weight is 310 g/mol. The Bertz CT molecular complexity index is 757. The maximum Gasteiger partial charge on any atom is 0.161 e. The van der Waals surface area contributed by atoms with E-state index in [-0.39, 0.29) is 5.78 Å². The number of Topliss-reactive ketones (excluding diaryl/α,β-unsaturated/α-hetero) is 1. The van der Waals surface area contributed by atoms with E-state index in [1.54, 1.807) is 19.1 Å². The normalized spacial score (nSPS) is 17.5. The SMILES string of the molecule is CC(=O)c1ccc(C#N)cc1N1CCCC1c1ccc(C)s1. The molecule has 0 aliphatic carbocycles. The van der Waals surface area contributed by atoms with E-state index < -0.39 is 0 Å². The van der Waals surface area contributed by atoms with Crippen LogP contribution >= 0.6 is 11.3 Å². The number of aryl methyl sites for hydroxylation is 1. The summed E-state index contributed by atoms with van der Waals surface area (Å²) in [6, 6.07) is 12.2. The van der Waals surface area contributed by atoms with Crippen LogP contribution in [0.4, 0.5) is 5.69 Å². The van der Waals surface area contributed by atoms with Gasteiger partial charge in [-0.2, -0.15) is 5.26 Å². The highest BCUT2D eigenvalue weighted by atomic mass is 32.1. The van der Waals surface area contributed by atoms with E-state index in [1.165, 1.54) is 9.75 Å². The lowest BCUT2D eigenvalue weighted by molar-refractivity contribution is 0.101. The van der Waals surface area contributed by atoms with Crippen molar-refractivity contribution in [3.05, 3.63) is 51.2 Å². The van der Waals surface area contributed by atoms with Gasteiger partial charge in [-0.05, 0) is 57.0 Å². The fourth-order valence-electron chi connectivity index (χ4n) is 3.12. The van der Waals surface area contributed by atoms with E-state index >= 15 is 0 Å². The second-order valence-electron chi connectivity index (χ2n) is 5.70. The molecule has 2 aromatic rings. The van der Waals surface area contributed by atoms with Crippen LogP contribution < -0.4 is 4.90 Å². The Hall–Kier alpha value is -2.12. The van der Waals surface area contributed by atoms with Gasteiger partial charge in [0.1, 0.15) is 0 Å². The number of carbonyl (C=O) groups excluding carboxylic acids is 1. The molecule has 112 valence electrons. The van der Waals surface area contributed by atoms with E-state index in [0.717, 1.165) is 25.1 Å². The van der Waals surface area contributed by atoms with E-state index in [0.29, 0.717) is 17.2 Å². The quantitative estimate of drug-likeness (QED) is 0.786. The largest absolute Gasteiger partial charge is 0.363 e. The Morgan fingerprint density at radius 3 is 2.82 bits per heavy atom. The summed E-state index contributed by atoms with van der Waals surface area (Å²) in [6.45, 7) is 4.63. The van der Waals surface area contributed by atoms with Crippen molar-refractivity contribution in [1.29, 1.82) is 5.26 Å². The molecule has 0 spiro atoms. The van der Waals surface area contributed by atoms with Crippen molar-refractivity contribution in [2.75, 3.05) is 11.4 Å². The lowest BCUT2D eigenvalue weighted by Gasteiger charge is -2.28.